The lowest BCUT2D eigenvalue weighted by atomic mass is 10.1. The minimum Gasteiger partial charge on any atom is -0.378 e. The Kier molecular flexibility index (Phi) is 6.13. The van der Waals surface area contributed by atoms with Crippen LogP contribution in [-0.2, 0) is 14.8 Å². The number of hydrogen-bond donors (Lipinski definition) is 1. The van der Waals surface area contributed by atoms with E-state index in [1.165, 1.54) is 10.4 Å². The Morgan fingerprint density at radius 3 is 2.70 bits per heavy atom. The minimum atomic E-state index is -3.57. The molecule has 126 valence electrons. The Morgan fingerprint density at radius 1 is 1.39 bits per heavy atom. The summed E-state index contributed by atoms with van der Waals surface area (Å²) in [4.78, 5) is 0.221. The van der Waals surface area contributed by atoms with E-state index in [9.17, 15) is 8.42 Å². The maximum absolute atomic E-state index is 12.8. The molecule has 0 bridgehead atoms. The molecule has 23 heavy (non-hydrogen) atoms. The molecule has 1 fully saturated rings. The van der Waals surface area contributed by atoms with E-state index in [0.717, 1.165) is 6.42 Å². The van der Waals surface area contributed by atoms with Gasteiger partial charge in [0.2, 0.25) is 10.0 Å². The normalized spacial score (nSPS) is 17.1. The Morgan fingerprint density at radius 2 is 2.09 bits per heavy atom. The van der Waals surface area contributed by atoms with E-state index in [1.54, 1.807) is 19.1 Å². The average molecular weight is 337 g/mol. The Bertz CT molecular complexity index is 674. The number of hydrogen-bond acceptors (Lipinski definition) is 5. The van der Waals surface area contributed by atoms with Gasteiger partial charge in [-0.25, -0.2) is 8.42 Å². The first kappa shape index (κ1) is 17.9. The van der Waals surface area contributed by atoms with Gasteiger partial charge in [0.15, 0.2) is 0 Å². The number of nitrogens with two attached hydrogens (primary N) is 1. The van der Waals surface area contributed by atoms with Crippen LogP contribution in [0.5, 0.6) is 0 Å². The molecule has 1 aromatic rings. The van der Waals surface area contributed by atoms with Gasteiger partial charge in [0, 0.05) is 19.7 Å². The van der Waals surface area contributed by atoms with Crippen molar-refractivity contribution in [2.75, 3.05) is 26.2 Å². The van der Waals surface area contributed by atoms with Crippen LogP contribution in [0.4, 0.5) is 0 Å². The molecule has 0 aromatic heterocycles. The quantitative estimate of drug-likeness (QED) is 0.791. The van der Waals surface area contributed by atoms with Gasteiger partial charge in [-0.1, -0.05) is 6.07 Å². The van der Waals surface area contributed by atoms with Crippen molar-refractivity contribution in [3.05, 3.63) is 29.3 Å². The van der Waals surface area contributed by atoms with Gasteiger partial charge < -0.3 is 10.5 Å². The van der Waals surface area contributed by atoms with E-state index in [2.05, 4.69) is 0 Å². The maximum atomic E-state index is 12.8. The van der Waals surface area contributed by atoms with Crippen LogP contribution in [0.1, 0.15) is 30.4 Å². The van der Waals surface area contributed by atoms with Crippen LogP contribution in [0, 0.1) is 18.3 Å². The summed E-state index contributed by atoms with van der Waals surface area (Å²) in [6.45, 7) is 3.84. The van der Waals surface area contributed by atoms with Gasteiger partial charge in [0.25, 0.3) is 0 Å². The zero-order valence-electron chi connectivity index (χ0n) is 13.4. The fourth-order valence-corrected chi connectivity index (χ4v) is 4.38. The molecule has 1 heterocycles. The van der Waals surface area contributed by atoms with Crippen LogP contribution in [0.2, 0.25) is 0 Å². The molecule has 2 N–H and O–H groups in total. The number of benzene rings is 1. The molecule has 0 unspecified atom stereocenters. The summed E-state index contributed by atoms with van der Waals surface area (Å²) in [5.74, 6) is 0. The van der Waals surface area contributed by atoms with Crippen LogP contribution in [-0.4, -0.2) is 45.1 Å². The highest BCUT2D eigenvalue weighted by Gasteiger charge is 2.30. The summed E-state index contributed by atoms with van der Waals surface area (Å²) in [7, 11) is -3.57. The SMILES string of the molecule is Cc1ccc(C#N)cc1S(=O)(=O)N1CCC(OCCCN)CC1. The van der Waals surface area contributed by atoms with Crippen LogP contribution in [0.3, 0.4) is 0 Å². The molecule has 1 aliphatic heterocycles. The van der Waals surface area contributed by atoms with Crippen molar-refractivity contribution in [3.8, 4) is 6.07 Å². The first-order valence-corrected chi connectivity index (χ1v) is 9.25. The van der Waals surface area contributed by atoms with Crippen molar-refractivity contribution in [3.63, 3.8) is 0 Å². The maximum Gasteiger partial charge on any atom is 0.243 e. The molecule has 0 atom stereocenters. The van der Waals surface area contributed by atoms with E-state index < -0.39 is 10.0 Å². The molecule has 1 aromatic carbocycles. The third-order valence-electron chi connectivity index (χ3n) is 4.04. The topological polar surface area (TPSA) is 96.4 Å². The fraction of sp³-hybridized carbons (Fsp3) is 0.562. The van der Waals surface area contributed by atoms with Crippen molar-refractivity contribution < 1.29 is 13.2 Å². The second kappa shape index (κ2) is 7.88. The summed E-state index contributed by atoms with van der Waals surface area (Å²) in [6.07, 6.45) is 2.28. The predicted molar refractivity (Wildman–Crippen MR) is 87.3 cm³/mol. The third-order valence-corrected chi connectivity index (χ3v) is 6.08. The lowest BCUT2D eigenvalue weighted by Crippen LogP contribution is -2.41. The zero-order chi connectivity index (χ0) is 16.9. The molecule has 7 heteroatoms. The number of ether oxygens (including phenoxy) is 1. The van der Waals surface area contributed by atoms with Crippen molar-refractivity contribution in [2.24, 2.45) is 5.73 Å². The largest absolute Gasteiger partial charge is 0.378 e. The molecule has 0 radical (unpaired) electrons. The summed E-state index contributed by atoms with van der Waals surface area (Å²) in [6, 6.07) is 6.75. The Hall–Kier alpha value is -1.46. The monoisotopic (exact) mass is 337 g/mol. The highest BCUT2D eigenvalue weighted by atomic mass is 32.2. The second-order valence-electron chi connectivity index (χ2n) is 5.71. The van der Waals surface area contributed by atoms with Crippen molar-refractivity contribution in [2.45, 2.75) is 37.2 Å². The van der Waals surface area contributed by atoms with Gasteiger partial charge in [-0.05, 0) is 50.4 Å². The number of rotatable bonds is 6. The fourth-order valence-electron chi connectivity index (χ4n) is 2.66. The Balaban J connectivity index is 2.06. The minimum absolute atomic E-state index is 0.0968. The van der Waals surface area contributed by atoms with Gasteiger partial charge in [0.05, 0.1) is 22.6 Å². The zero-order valence-corrected chi connectivity index (χ0v) is 14.2. The van der Waals surface area contributed by atoms with Crippen molar-refractivity contribution in [1.82, 2.24) is 4.31 Å². The molecule has 0 spiro atoms. The summed E-state index contributed by atoms with van der Waals surface area (Å²) >= 11 is 0. The van der Waals surface area contributed by atoms with Gasteiger partial charge in [-0.3, -0.25) is 0 Å². The molecule has 0 aliphatic carbocycles. The van der Waals surface area contributed by atoms with Gasteiger partial charge in [-0.15, -0.1) is 0 Å². The molecule has 0 saturated carbocycles. The van der Waals surface area contributed by atoms with Gasteiger partial charge in [0.1, 0.15) is 0 Å². The van der Waals surface area contributed by atoms with Crippen LogP contribution in [0.25, 0.3) is 0 Å². The van der Waals surface area contributed by atoms with E-state index >= 15 is 0 Å². The van der Waals surface area contributed by atoms with Crippen LogP contribution in [0.15, 0.2) is 23.1 Å². The smallest absolute Gasteiger partial charge is 0.243 e. The number of piperidine rings is 1. The van der Waals surface area contributed by atoms with Gasteiger partial charge >= 0.3 is 0 Å². The highest BCUT2D eigenvalue weighted by molar-refractivity contribution is 7.89. The van der Waals surface area contributed by atoms with Crippen molar-refractivity contribution >= 4 is 10.0 Å². The van der Waals surface area contributed by atoms with Crippen LogP contribution < -0.4 is 5.73 Å². The van der Waals surface area contributed by atoms with Gasteiger partial charge in [-0.2, -0.15) is 9.57 Å². The highest BCUT2D eigenvalue weighted by Crippen LogP contribution is 2.25. The standard InChI is InChI=1S/C16H23N3O3S/c1-13-3-4-14(12-18)11-16(13)23(20,21)19-8-5-15(6-9-19)22-10-2-7-17/h3-4,11,15H,2,5-10,17H2,1H3. The molecule has 1 aliphatic rings. The van der Waals surface area contributed by atoms with E-state index in [0.29, 0.717) is 50.2 Å². The van der Waals surface area contributed by atoms with E-state index in [-0.39, 0.29) is 11.0 Å². The van der Waals surface area contributed by atoms with E-state index in [4.69, 9.17) is 15.7 Å². The number of aryl methyl sites for hydroxylation is 1. The second-order valence-corrected chi connectivity index (χ2v) is 7.61. The molecule has 0 amide bonds. The van der Waals surface area contributed by atoms with Crippen LogP contribution >= 0.6 is 0 Å². The number of sulfonamides is 1. The summed E-state index contributed by atoms with van der Waals surface area (Å²) < 4.78 is 32.8. The number of nitrogens with zero attached hydrogens (tertiary/aromatic N) is 2. The third kappa shape index (κ3) is 4.30. The predicted octanol–water partition coefficient (Wildman–Crippen LogP) is 1.39. The number of nitriles is 1. The molecule has 1 saturated heterocycles. The Labute approximate surface area is 137 Å². The first-order chi connectivity index (χ1) is 11.0. The summed E-state index contributed by atoms with van der Waals surface area (Å²) in [5.41, 5.74) is 6.45. The summed E-state index contributed by atoms with van der Waals surface area (Å²) in [5, 5.41) is 8.98. The van der Waals surface area contributed by atoms with Crippen molar-refractivity contribution in [1.29, 1.82) is 5.26 Å². The molecule has 6 nitrogen and oxygen atoms in total. The van der Waals surface area contributed by atoms with E-state index in [1.807, 2.05) is 6.07 Å². The molecule has 2 rings (SSSR count). The first-order valence-electron chi connectivity index (χ1n) is 7.81. The lowest BCUT2D eigenvalue weighted by Gasteiger charge is -2.31. The molecular formula is C16H23N3O3S. The lowest BCUT2D eigenvalue weighted by molar-refractivity contribution is 0.0209. The average Bonchev–Trinajstić information content (AvgIpc) is 2.56. The molecular weight excluding hydrogens is 314 g/mol.